The van der Waals surface area contributed by atoms with Gasteiger partial charge in [-0.25, -0.2) is 9.37 Å². The van der Waals surface area contributed by atoms with E-state index in [9.17, 15) is 4.39 Å². The third-order valence-corrected chi connectivity index (χ3v) is 3.98. The first kappa shape index (κ1) is 14.5. The van der Waals surface area contributed by atoms with Crippen molar-refractivity contribution in [3.8, 4) is 0 Å². The number of hydrogen-bond acceptors (Lipinski definition) is 3. The van der Waals surface area contributed by atoms with E-state index in [1.807, 2.05) is 13.0 Å². The van der Waals surface area contributed by atoms with E-state index in [1.54, 1.807) is 19.2 Å². The lowest BCUT2D eigenvalue weighted by Crippen LogP contribution is -2.01. The maximum atomic E-state index is 14.3. The van der Waals surface area contributed by atoms with Crippen LogP contribution in [0.2, 0.25) is 0 Å². The van der Waals surface area contributed by atoms with E-state index >= 15 is 0 Å². The third kappa shape index (κ3) is 2.66. The molecule has 3 rings (SSSR count). The number of allylic oxidation sites excluding steroid dienone is 4. The van der Waals surface area contributed by atoms with Gasteiger partial charge < -0.3 is 5.73 Å². The molecular weight excluding hydrogens is 279 g/mol. The monoisotopic (exact) mass is 298 g/mol. The topological polar surface area (TPSA) is 67.6 Å². The minimum Gasteiger partial charge on any atom is -0.396 e. The minimum absolute atomic E-state index is 0.103. The number of rotatable bonds is 4. The summed E-state index contributed by atoms with van der Waals surface area (Å²) < 4.78 is 14.3. The Morgan fingerprint density at radius 3 is 2.91 bits per heavy atom. The average molecular weight is 298 g/mol. The van der Waals surface area contributed by atoms with Gasteiger partial charge >= 0.3 is 0 Å². The van der Waals surface area contributed by atoms with Crippen molar-refractivity contribution in [2.45, 2.75) is 26.7 Å². The zero-order valence-electron chi connectivity index (χ0n) is 12.8. The Morgan fingerprint density at radius 1 is 1.50 bits per heavy atom. The number of aromatic nitrogens is 3. The number of nitrogens with zero attached hydrogens (tertiary/aromatic N) is 2. The molecule has 114 valence electrons. The second kappa shape index (κ2) is 5.40. The molecule has 0 unspecified atom stereocenters. The third-order valence-electron chi connectivity index (χ3n) is 3.98. The molecule has 0 aromatic carbocycles. The molecule has 2 aromatic heterocycles. The minimum atomic E-state index is -0.335. The van der Waals surface area contributed by atoms with Gasteiger partial charge in [-0.1, -0.05) is 6.58 Å². The standard InChI is InChI=1S/C17H19FN4/c1-9-6-13-16(21-22-17(13)20-8-9)10(2)7-14(19)15(18)11(3)12-4-5-12/h6-8,12H,2,4-5,19H2,1,3H3,(H,20,21,22)/b14-7+,15-11-. The summed E-state index contributed by atoms with van der Waals surface area (Å²) in [6, 6.07) is 1.97. The van der Waals surface area contributed by atoms with E-state index in [1.165, 1.54) is 0 Å². The van der Waals surface area contributed by atoms with Crippen LogP contribution in [-0.4, -0.2) is 15.2 Å². The second-order valence-electron chi connectivity index (χ2n) is 5.88. The Hall–Kier alpha value is -2.43. The molecule has 1 aliphatic rings. The Kier molecular flexibility index (Phi) is 3.56. The number of halogens is 1. The number of H-pyrrole nitrogens is 1. The van der Waals surface area contributed by atoms with Crippen molar-refractivity contribution in [2.24, 2.45) is 11.7 Å². The summed E-state index contributed by atoms with van der Waals surface area (Å²) >= 11 is 0. The van der Waals surface area contributed by atoms with Crippen molar-refractivity contribution in [1.29, 1.82) is 0 Å². The number of hydrogen-bond donors (Lipinski definition) is 2. The Bertz CT molecular complexity index is 809. The molecule has 4 nitrogen and oxygen atoms in total. The molecule has 22 heavy (non-hydrogen) atoms. The van der Waals surface area contributed by atoms with E-state index < -0.39 is 0 Å². The zero-order valence-corrected chi connectivity index (χ0v) is 12.8. The highest BCUT2D eigenvalue weighted by molar-refractivity contribution is 5.90. The fourth-order valence-corrected chi connectivity index (χ4v) is 2.50. The molecule has 0 spiro atoms. The summed E-state index contributed by atoms with van der Waals surface area (Å²) in [4.78, 5) is 4.26. The summed E-state index contributed by atoms with van der Waals surface area (Å²) in [5.41, 5.74) is 9.62. The van der Waals surface area contributed by atoms with Crippen molar-refractivity contribution in [3.63, 3.8) is 0 Å². The number of nitrogens with one attached hydrogen (secondary N) is 1. The molecule has 0 atom stereocenters. The van der Waals surface area contributed by atoms with Gasteiger partial charge in [0.05, 0.1) is 5.70 Å². The lowest BCUT2D eigenvalue weighted by atomic mass is 10.1. The molecule has 0 aliphatic heterocycles. The summed E-state index contributed by atoms with van der Waals surface area (Å²) in [5.74, 6) is 0.0103. The lowest BCUT2D eigenvalue weighted by Gasteiger charge is -2.04. The van der Waals surface area contributed by atoms with Gasteiger partial charge in [0.2, 0.25) is 0 Å². The fraction of sp³-hybridized carbons (Fsp3) is 0.294. The molecule has 1 aliphatic carbocycles. The normalized spacial score (nSPS) is 16.8. The van der Waals surface area contributed by atoms with Crippen LogP contribution in [0.4, 0.5) is 4.39 Å². The molecule has 5 heteroatoms. The number of fused-ring (bicyclic) bond motifs is 1. The van der Waals surface area contributed by atoms with Crippen molar-refractivity contribution in [3.05, 3.63) is 53.3 Å². The van der Waals surface area contributed by atoms with Crippen molar-refractivity contribution in [2.75, 3.05) is 0 Å². The molecule has 0 saturated heterocycles. The van der Waals surface area contributed by atoms with Crippen molar-refractivity contribution in [1.82, 2.24) is 15.2 Å². The molecule has 0 radical (unpaired) electrons. The molecule has 1 saturated carbocycles. The molecule has 1 fully saturated rings. The van der Waals surface area contributed by atoms with Gasteiger partial charge in [0.1, 0.15) is 11.5 Å². The van der Waals surface area contributed by atoms with Crippen LogP contribution in [0.1, 0.15) is 31.0 Å². The smallest absolute Gasteiger partial charge is 0.155 e. The van der Waals surface area contributed by atoms with Gasteiger partial charge in [0.25, 0.3) is 0 Å². The van der Waals surface area contributed by atoms with E-state index in [-0.39, 0.29) is 11.5 Å². The van der Waals surface area contributed by atoms with Crippen LogP contribution in [0.5, 0.6) is 0 Å². The van der Waals surface area contributed by atoms with Crippen LogP contribution in [-0.2, 0) is 0 Å². The van der Waals surface area contributed by atoms with E-state index in [0.717, 1.165) is 29.4 Å². The zero-order chi connectivity index (χ0) is 15.9. The van der Waals surface area contributed by atoms with Gasteiger partial charge in [0.15, 0.2) is 5.65 Å². The average Bonchev–Trinajstić information content (AvgIpc) is 3.25. The largest absolute Gasteiger partial charge is 0.396 e. The van der Waals surface area contributed by atoms with Crippen LogP contribution in [0.15, 0.2) is 42.0 Å². The van der Waals surface area contributed by atoms with E-state index in [4.69, 9.17) is 5.73 Å². The lowest BCUT2D eigenvalue weighted by molar-refractivity contribution is 0.624. The van der Waals surface area contributed by atoms with Crippen LogP contribution in [0.25, 0.3) is 16.6 Å². The maximum Gasteiger partial charge on any atom is 0.155 e. The van der Waals surface area contributed by atoms with Crippen molar-refractivity contribution < 1.29 is 4.39 Å². The van der Waals surface area contributed by atoms with Crippen LogP contribution < -0.4 is 5.73 Å². The van der Waals surface area contributed by atoms with Gasteiger partial charge in [-0.2, -0.15) is 5.10 Å². The Balaban J connectivity index is 1.94. The summed E-state index contributed by atoms with van der Waals surface area (Å²) in [5, 5.41) is 7.93. The number of aromatic amines is 1. The quantitative estimate of drug-likeness (QED) is 0.844. The van der Waals surface area contributed by atoms with Crippen LogP contribution in [0, 0.1) is 12.8 Å². The van der Waals surface area contributed by atoms with E-state index in [0.29, 0.717) is 22.8 Å². The first-order valence-electron chi connectivity index (χ1n) is 7.31. The van der Waals surface area contributed by atoms with E-state index in [2.05, 4.69) is 21.8 Å². The SMILES string of the molecule is C=C(/C=C(N)\C(F)=C(/C)C1CC1)c1n[nH]c2ncc(C)cc12. The first-order chi connectivity index (χ1) is 10.5. The number of pyridine rings is 1. The Labute approximate surface area is 128 Å². The highest BCUT2D eigenvalue weighted by Gasteiger charge is 2.26. The summed E-state index contributed by atoms with van der Waals surface area (Å²) in [7, 11) is 0. The van der Waals surface area contributed by atoms with Gasteiger partial charge in [-0.15, -0.1) is 0 Å². The second-order valence-corrected chi connectivity index (χ2v) is 5.88. The number of nitrogens with two attached hydrogens (primary N) is 1. The predicted octanol–water partition coefficient (Wildman–Crippen LogP) is 3.78. The maximum absolute atomic E-state index is 14.3. The predicted molar refractivity (Wildman–Crippen MR) is 86.5 cm³/mol. The number of aryl methyl sites for hydroxylation is 1. The summed E-state index contributed by atoms with van der Waals surface area (Å²) in [6.07, 6.45) is 5.39. The van der Waals surface area contributed by atoms with Gasteiger partial charge in [-0.3, -0.25) is 5.10 Å². The molecule has 0 amide bonds. The molecule has 0 bridgehead atoms. The molecule has 2 heterocycles. The van der Waals surface area contributed by atoms with Crippen molar-refractivity contribution >= 4 is 16.6 Å². The molecule has 3 N–H and O–H groups in total. The highest BCUT2D eigenvalue weighted by Crippen LogP contribution is 2.39. The fourth-order valence-electron chi connectivity index (χ4n) is 2.50. The van der Waals surface area contributed by atoms with Gasteiger partial charge in [-0.05, 0) is 61.5 Å². The van der Waals surface area contributed by atoms with Crippen LogP contribution >= 0.6 is 0 Å². The molecular formula is C17H19FN4. The van der Waals surface area contributed by atoms with Crippen LogP contribution in [0.3, 0.4) is 0 Å². The summed E-state index contributed by atoms with van der Waals surface area (Å²) in [6.45, 7) is 7.72. The Morgan fingerprint density at radius 2 is 2.23 bits per heavy atom. The first-order valence-corrected chi connectivity index (χ1v) is 7.31. The molecule has 2 aromatic rings. The van der Waals surface area contributed by atoms with Gasteiger partial charge in [0, 0.05) is 11.6 Å². The highest BCUT2D eigenvalue weighted by atomic mass is 19.1.